The lowest BCUT2D eigenvalue weighted by Gasteiger charge is -2.53. The van der Waals surface area contributed by atoms with E-state index in [2.05, 4.69) is 53.5 Å². The van der Waals surface area contributed by atoms with E-state index in [9.17, 15) is 19.8 Å². The van der Waals surface area contributed by atoms with E-state index in [1.807, 2.05) is 53.7 Å². The van der Waals surface area contributed by atoms with Crippen LogP contribution in [0.5, 0.6) is 5.75 Å². The highest BCUT2D eigenvalue weighted by Crippen LogP contribution is 2.49. The molecule has 1 amide bonds. The molecule has 0 saturated carbocycles. The van der Waals surface area contributed by atoms with Crippen molar-refractivity contribution >= 4 is 41.6 Å². The number of aliphatic carboxylic acids is 1. The van der Waals surface area contributed by atoms with Crippen LogP contribution in [0.3, 0.4) is 0 Å². The third kappa shape index (κ3) is 8.12. The molecule has 1 aromatic carbocycles. The number of carbonyl (C=O) groups excluding carboxylic acids is 1. The van der Waals surface area contributed by atoms with Crippen LogP contribution in [0.25, 0.3) is 0 Å². The molecule has 2 aromatic rings. The van der Waals surface area contributed by atoms with E-state index in [0.717, 1.165) is 16.7 Å². The number of phenolic OH excluding ortho intramolecular Hbond substituents is 1. The van der Waals surface area contributed by atoms with Crippen LogP contribution in [0, 0.1) is 0 Å². The Kier molecular flexibility index (Phi) is 11.8. The standard InChI is InChI=1S/C26H34N6O5S2.C6H15N/c1-24(2,3)16-9-14(10-17(19(16)33)25(4,5)6)11-27-26(37-8)21(36)32-18(20(34)35)15(12-38-22(26)32)13-39-23-28-29-30-31(23)7;1-5(2)7-6(3)4/h9-11,22,33H,12-13H2,1-8H3,(H,34,35);5-7H,1-4H3/t22-,26-;/m0./s1. The van der Waals surface area contributed by atoms with Crippen LogP contribution >= 0.6 is 23.5 Å². The number of tetrazole rings is 1. The van der Waals surface area contributed by atoms with E-state index in [0.29, 0.717) is 34.3 Å². The van der Waals surface area contributed by atoms with Gasteiger partial charge in [-0.1, -0.05) is 81.0 Å². The summed E-state index contributed by atoms with van der Waals surface area (Å²) in [7, 11) is 3.11. The predicted octanol–water partition coefficient (Wildman–Crippen LogP) is 4.71. The second kappa shape index (κ2) is 14.4. The fourth-order valence-electron chi connectivity index (χ4n) is 5.25. The first-order valence-corrected chi connectivity index (χ1v) is 17.3. The van der Waals surface area contributed by atoms with Crippen LogP contribution in [0.4, 0.5) is 0 Å². The minimum atomic E-state index is -1.56. The molecule has 1 aromatic heterocycles. The molecule has 0 aliphatic carbocycles. The molecule has 2 aliphatic rings. The van der Waals surface area contributed by atoms with Gasteiger partial charge in [0.25, 0.3) is 11.6 Å². The molecule has 3 N–H and O–H groups in total. The van der Waals surface area contributed by atoms with Crippen LogP contribution in [0.15, 0.2) is 33.6 Å². The Morgan fingerprint density at radius 2 is 1.74 bits per heavy atom. The first-order valence-electron chi connectivity index (χ1n) is 15.2. The molecule has 0 radical (unpaired) electrons. The zero-order chi connectivity index (χ0) is 34.8. The normalized spacial score (nSPS) is 20.3. The largest absolute Gasteiger partial charge is 0.507 e. The molecule has 3 heterocycles. The van der Waals surface area contributed by atoms with Gasteiger partial charge < -0.3 is 20.3 Å². The van der Waals surface area contributed by atoms with Crippen molar-refractivity contribution in [3.05, 3.63) is 40.1 Å². The number of methoxy groups -OCH3 is 1. The quantitative estimate of drug-likeness (QED) is 0.192. The lowest BCUT2D eigenvalue weighted by Crippen LogP contribution is -2.73. The summed E-state index contributed by atoms with van der Waals surface area (Å²) in [5.41, 5.74) is 0.595. The van der Waals surface area contributed by atoms with Gasteiger partial charge >= 0.3 is 5.97 Å². The summed E-state index contributed by atoms with van der Waals surface area (Å²) in [6.07, 6.45) is 1.58. The number of thioether (sulfide) groups is 2. The SMILES string of the molecule is CC(C)NC(C)C.CO[C@@]1(N=Cc2cc(C(C)(C)C)c(O)c(C(C)(C)C)c2)C(=O)N2C(C(=O)O)=C(CSc3nnnn3C)CS[C@H]21. The number of phenols is 1. The molecule has 0 spiro atoms. The monoisotopic (exact) mass is 675 g/mol. The Balaban J connectivity index is 0.000000738. The van der Waals surface area contributed by atoms with Gasteiger partial charge in [-0.2, -0.15) is 0 Å². The maximum absolute atomic E-state index is 13.5. The number of hydrogen-bond acceptors (Lipinski definition) is 11. The van der Waals surface area contributed by atoms with Gasteiger partial charge in [0.05, 0.1) is 0 Å². The summed E-state index contributed by atoms with van der Waals surface area (Å²) in [5, 5.41) is 35.6. The molecule has 0 unspecified atom stereocenters. The summed E-state index contributed by atoms with van der Waals surface area (Å²) in [6.45, 7) is 20.7. The fraction of sp³-hybridized carbons (Fsp3) is 0.625. The predicted molar refractivity (Wildman–Crippen MR) is 184 cm³/mol. The van der Waals surface area contributed by atoms with E-state index < -0.39 is 23.0 Å². The topological polar surface area (TPSA) is 155 Å². The zero-order valence-corrected chi connectivity index (χ0v) is 30.6. The zero-order valence-electron chi connectivity index (χ0n) is 29.0. The van der Waals surface area contributed by atoms with Crippen molar-refractivity contribution < 1.29 is 24.5 Å². The summed E-state index contributed by atoms with van der Waals surface area (Å²) >= 11 is 2.71. The molecule has 0 bridgehead atoms. The maximum atomic E-state index is 13.5. The van der Waals surface area contributed by atoms with Gasteiger partial charge in [0.1, 0.15) is 16.8 Å². The van der Waals surface area contributed by atoms with Crippen LogP contribution < -0.4 is 5.32 Å². The molecular weight excluding hydrogens is 627 g/mol. The molecule has 12 nitrogen and oxygen atoms in total. The number of aromatic hydroxyl groups is 1. The highest BCUT2D eigenvalue weighted by atomic mass is 32.2. The van der Waals surface area contributed by atoms with E-state index in [4.69, 9.17) is 4.74 Å². The van der Waals surface area contributed by atoms with Crippen molar-refractivity contribution in [1.29, 1.82) is 0 Å². The Morgan fingerprint density at radius 1 is 1.17 bits per heavy atom. The fourth-order valence-corrected chi connectivity index (χ4v) is 7.67. The number of nitrogens with zero attached hydrogens (tertiary/aromatic N) is 6. The van der Waals surface area contributed by atoms with Gasteiger partial charge in [-0.15, -0.1) is 16.9 Å². The van der Waals surface area contributed by atoms with Gasteiger partial charge in [0.15, 0.2) is 0 Å². The van der Waals surface area contributed by atoms with E-state index in [1.165, 1.54) is 40.2 Å². The molecule has 14 heteroatoms. The number of fused-ring (bicyclic) bond motifs is 1. The number of nitrogens with one attached hydrogen (secondary N) is 1. The van der Waals surface area contributed by atoms with Crippen molar-refractivity contribution in [3.63, 3.8) is 0 Å². The number of carboxylic acid groups (broad SMARTS) is 1. The van der Waals surface area contributed by atoms with Gasteiger partial charge in [0.2, 0.25) is 5.16 Å². The van der Waals surface area contributed by atoms with Crippen LogP contribution in [-0.2, 0) is 32.2 Å². The highest BCUT2D eigenvalue weighted by Gasteiger charge is 2.66. The molecule has 2 atom stereocenters. The Bertz CT molecular complexity index is 1450. The molecule has 1 fully saturated rings. The molecule has 254 valence electrons. The number of benzene rings is 1. The number of carbonyl (C=O) groups is 2. The lowest BCUT2D eigenvalue weighted by molar-refractivity contribution is -0.182. The number of hydrogen-bond donors (Lipinski definition) is 3. The Labute approximate surface area is 280 Å². The molecule has 1 saturated heterocycles. The summed E-state index contributed by atoms with van der Waals surface area (Å²) in [6, 6.07) is 4.98. The minimum absolute atomic E-state index is 0.0519. The van der Waals surface area contributed by atoms with Gasteiger partial charge in [0, 0.05) is 55.1 Å². The average molecular weight is 676 g/mol. The highest BCUT2D eigenvalue weighted by molar-refractivity contribution is 8.01. The van der Waals surface area contributed by atoms with Crippen molar-refractivity contribution in [2.75, 3.05) is 18.6 Å². The number of amides is 1. The van der Waals surface area contributed by atoms with Crippen molar-refractivity contribution in [1.82, 2.24) is 30.4 Å². The van der Waals surface area contributed by atoms with E-state index in [1.54, 1.807) is 13.3 Å². The molecule has 2 aliphatic heterocycles. The van der Waals surface area contributed by atoms with Gasteiger partial charge in [-0.05, 0) is 44.5 Å². The van der Waals surface area contributed by atoms with Gasteiger partial charge in [-0.25, -0.2) is 14.5 Å². The summed E-state index contributed by atoms with van der Waals surface area (Å²) < 4.78 is 7.19. The molecule has 4 rings (SSSR count). The second-order valence-corrected chi connectivity index (χ2v) is 16.1. The smallest absolute Gasteiger partial charge is 0.352 e. The Morgan fingerprint density at radius 3 is 2.15 bits per heavy atom. The van der Waals surface area contributed by atoms with E-state index >= 15 is 0 Å². The molecular formula is C32H49N7O5S2. The van der Waals surface area contributed by atoms with E-state index in [-0.39, 0.29) is 22.3 Å². The number of aliphatic imine (C=N–C) groups is 1. The number of aryl methyl sites for hydroxylation is 1. The summed E-state index contributed by atoms with van der Waals surface area (Å²) in [4.78, 5) is 31.7. The number of aromatic nitrogens is 4. The number of ether oxygens (including phenoxy) is 1. The van der Waals surface area contributed by atoms with Crippen LogP contribution in [0.2, 0.25) is 0 Å². The first-order chi connectivity index (χ1) is 21.2. The van der Waals surface area contributed by atoms with Gasteiger partial charge in [-0.3, -0.25) is 9.69 Å². The molecule has 46 heavy (non-hydrogen) atoms. The second-order valence-electron chi connectivity index (χ2n) is 14.1. The number of rotatable bonds is 9. The third-order valence-corrected chi connectivity index (χ3v) is 9.83. The van der Waals surface area contributed by atoms with Crippen molar-refractivity contribution in [2.45, 2.75) is 108 Å². The summed E-state index contributed by atoms with van der Waals surface area (Å²) in [5.74, 6) is -0.763. The average Bonchev–Trinajstić information content (AvgIpc) is 3.35. The number of carboxylic acids is 1. The Hall–Kier alpha value is -2.94. The number of β-lactam (4-membered cyclic amide) rings is 1. The maximum Gasteiger partial charge on any atom is 0.352 e. The van der Waals surface area contributed by atoms with Crippen molar-refractivity contribution in [3.8, 4) is 5.75 Å². The lowest BCUT2D eigenvalue weighted by atomic mass is 9.78. The minimum Gasteiger partial charge on any atom is -0.507 e. The van der Waals surface area contributed by atoms with Crippen LogP contribution in [0.1, 0.15) is 85.9 Å². The van der Waals surface area contributed by atoms with Crippen LogP contribution in [-0.4, -0.2) is 95.2 Å². The first kappa shape index (κ1) is 37.5. The third-order valence-electron chi connectivity index (χ3n) is 7.38. The van der Waals surface area contributed by atoms with Crippen molar-refractivity contribution in [2.24, 2.45) is 12.0 Å².